The number of aromatic nitrogens is 2. The number of rotatable bonds is 3. The highest BCUT2D eigenvalue weighted by Gasteiger charge is 2.43. The first-order chi connectivity index (χ1) is 13.6. The molecule has 1 aromatic heterocycles. The number of hydrogen-bond acceptors (Lipinski definition) is 3. The largest absolute Gasteiger partial charge is 0.364 e. The molecule has 4 nitrogen and oxygen atoms in total. The third kappa shape index (κ3) is 3.25. The number of imidazole rings is 1. The van der Waals surface area contributed by atoms with E-state index in [1.165, 1.54) is 23.3 Å². The standard InChI is InChI=1S/C23H24FN3O/c1-17-2-6-19(7-3-17)21-12-25-22-14-28-23(16-27(21)22)10-11-26(15-23)13-18-4-8-20(24)9-5-18/h2-9,12H,10-11,13-16H2,1H3/t23-/m1/s1. The minimum Gasteiger partial charge on any atom is -0.364 e. The number of ether oxygens (including phenoxy) is 1. The fourth-order valence-corrected chi connectivity index (χ4v) is 4.37. The van der Waals surface area contributed by atoms with Gasteiger partial charge < -0.3 is 9.30 Å². The molecular formula is C23H24FN3O. The maximum absolute atomic E-state index is 13.2. The Morgan fingerprint density at radius 1 is 1.07 bits per heavy atom. The molecule has 0 aliphatic carbocycles. The summed E-state index contributed by atoms with van der Waals surface area (Å²) in [7, 11) is 0. The van der Waals surface area contributed by atoms with Gasteiger partial charge in [0.2, 0.25) is 0 Å². The Labute approximate surface area is 164 Å². The highest BCUT2D eigenvalue weighted by atomic mass is 19.1. The lowest BCUT2D eigenvalue weighted by molar-refractivity contribution is -0.0821. The third-order valence-corrected chi connectivity index (χ3v) is 5.95. The predicted molar refractivity (Wildman–Crippen MR) is 106 cm³/mol. The van der Waals surface area contributed by atoms with Crippen LogP contribution in [0.3, 0.4) is 0 Å². The summed E-state index contributed by atoms with van der Waals surface area (Å²) in [4.78, 5) is 7.00. The SMILES string of the molecule is Cc1ccc(-c2cnc3n2C[C@]2(CCN(Cc4ccc(F)cc4)C2)OC3)cc1. The number of halogens is 1. The summed E-state index contributed by atoms with van der Waals surface area (Å²) in [5.41, 5.74) is 4.58. The lowest BCUT2D eigenvalue weighted by Crippen LogP contribution is -2.44. The molecule has 0 saturated carbocycles. The summed E-state index contributed by atoms with van der Waals surface area (Å²) in [6.07, 6.45) is 2.97. The molecule has 2 aliphatic heterocycles. The Morgan fingerprint density at radius 2 is 1.86 bits per heavy atom. The fraction of sp³-hybridized carbons (Fsp3) is 0.348. The first-order valence-electron chi connectivity index (χ1n) is 9.82. The topological polar surface area (TPSA) is 30.3 Å². The molecule has 3 heterocycles. The molecule has 1 spiro atoms. The second kappa shape index (κ2) is 6.83. The summed E-state index contributed by atoms with van der Waals surface area (Å²) >= 11 is 0. The zero-order valence-electron chi connectivity index (χ0n) is 16.1. The van der Waals surface area contributed by atoms with Gasteiger partial charge in [-0.1, -0.05) is 42.0 Å². The number of hydrogen-bond donors (Lipinski definition) is 0. The van der Waals surface area contributed by atoms with Gasteiger partial charge in [-0.25, -0.2) is 9.37 Å². The van der Waals surface area contributed by atoms with Crippen molar-refractivity contribution in [3.8, 4) is 11.3 Å². The Kier molecular flexibility index (Phi) is 4.29. The third-order valence-electron chi connectivity index (χ3n) is 5.95. The van der Waals surface area contributed by atoms with E-state index in [2.05, 4.69) is 45.6 Å². The van der Waals surface area contributed by atoms with Gasteiger partial charge in [-0.3, -0.25) is 4.90 Å². The lowest BCUT2D eigenvalue weighted by Gasteiger charge is -2.35. The van der Waals surface area contributed by atoms with Crippen LogP contribution in [-0.4, -0.2) is 33.1 Å². The van der Waals surface area contributed by atoms with Gasteiger partial charge in [-0.2, -0.15) is 0 Å². The first kappa shape index (κ1) is 17.6. The van der Waals surface area contributed by atoms with E-state index in [1.807, 2.05) is 18.3 Å². The summed E-state index contributed by atoms with van der Waals surface area (Å²) in [5, 5.41) is 0. The van der Waals surface area contributed by atoms with E-state index in [9.17, 15) is 4.39 Å². The maximum atomic E-state index is 13.2. The van der Waals surface area contributed by atoms with Crippen LogP contribution in [0.5, 0.6) is 0 Å². The van der Waals surface area contributed by atoms with Gasteiger partial charge in [0.05, 0.1) is 18.4 Å². The van der Waals surface area contributed by atoms with Gasteiger partial charge >= 0.3 is 0 Å². The highest BCUT2D eigenvalue weighted by molar-refractivity contribution is 5.60. The van der Waals surface area contributed by atoms with Gasteiger partial charge in [0.15, 0.2) is 0 Å². The van der Waals surface area contributed by atoms with E-state index in [4.69, 9.17) is 4.74 Å². The van der Waals surface area contributed by atoms with Crippen molar-refractivity contribution >= 4 is 0 Å². The smallest absolute Gasteiger partial charge is 0.135 e. The van der Waals surface area contributed by atoms with E-state index in [0.29, 0.717) is 6.61 Å². The maximum Gasteiger partial charge on any atom is 0.135 e. The normalized spacial score (nSPS) is 21.9. The second-order valence-electron chi connectivity index (χ2n) is 8.07. The molecule has 5 rings (SSSR count). The Morgan fingerprint density at radius 3 is 2.64 bits per heavy atom. The van der Waals surface area contributed by atoms with Crippen LogP contribution in [0.25, 0.3) is 11.3 Å². The molecule has 1 atom stereocenters. The van der Waals surface area contributed by atoms with Crippen LogP contribution in [0.1, 0.15) is 23.4 Å². The van der Waals surface area contributed by atoms with Crippen LogP contribution in [-0.2, 0) is 24.4 Å². The molecule has 0 unspecified atom stereocenters. The molecule has 28 heavy (non-hydrogen) atoms. The summed E-state index contributed by atoms with van der Waals surface area (Å²) in [6.45, 7) is 6.18. The molecule has 1 fully saturated rings. The molecule has 144 valence electrons. The molecule has 2 aromatic carbocycles. The number of aryl methyl sites for hydroxylation is 1. The van der Waals surface area contributed by atoms with Gasteiger partial charge in [0, 0.05) is 19.6 Å². The predicted octanol–water partition coefficient (Wildman–Crippen LogP) is 4.17. The van der Waals surface area contributed by atoms with Gasteiger partial charge in [-0.05, 0) is 36.6 Å². The van der Waals surface area contributed by atoms with Crippen molar-refractivity contribution in [2.24, 2.45) is 0 Å². The van der Waals surface area contributed by atoms with E-state index in [0.717, 1.165) is 49.7 Å². The zero-order chi connectivity index (χ0) is 19.1. The van der Waals surface area contributed by atoms with Gasteiger partial charge in [-0.15, -0.1) is 0 Å². The Balaban J connectivity index is 1.35. The van der Waals surface area contributed by atoms with Crippen LogP contribution in [0.2, 0.25) is 0 Å². The lowest BCUT2D eigenvalue weighted by atomic mass is 10.0. The minimum absolute atomic E-state index is 0.173. The average molecular weight is 377 g/mol. The number of benzene rings is 2. The number of fused-ring (bicyclic) bond motifs is 1. The molecule has 1 saturated heterocycles. The van der Waals surface area contributed by atoms with Crippen molar-refractivity contribution in [1.29, 1.82) is 0 Å². The van der Waals surface area contributed by atoms with Crippen LogP contribution < -0.4 is 0 Å². The summed E-state index contributed by atoms with van der Waals surface area (Å²) in [5.74, 6) is 0.812. The minimum atomic E-state index is -0.187. The van der Waals surface area contributed by atoms with Crippen molar-refractivity contribution in [2.75, 3.05) is 13.1 Å². The highest BCUT2D eigenvalue weighted by Crippen LogP contribution is 2.35. The Hall–Kier alpha value is -2.50. The second-order valence-corrected chi connectivity index (χ2v) is 8.07. The monoisotopic (exact) mass is 377 g/mol. The molecule has 0 N–H and O–H groups in total. The first-order valence-corrected chi connectivity index (χ1v) is 9.82. The zero-order valence-corrected chi connectivity index (χ0v) is 16.1. The number of likely N-dealkylation sites (tertiary alicyclic amines) is 1. The van der Waals surface area contributed by atoms with Gasteiger partial charge in [0.25, 0.3) is 0 Å². The van der Waals surface area contributed by atoms with Crippen molar-refractivity contribution in [2.45, 2.75) is 38.6 Å². The van der Waals surface area contributed by atoms with Crippen LogP contribution in [0.4, 0.5) is 4.39 Å². The summed E-state index contributed by atoms with van der Waals surface area (Å²) in [6, 6.07) is 15.4. The molecule has 0 radical (unpaired) electrons. The van der Waals surface area contributed by atoms with Crippen LogP contribution >= 0.6 is 0 Å². The van der Waals surface area contributed by atoms with Gasteiger partial charge in [0.1, 0.15) is 23.8 Å². The van der Waals surface area contributed by atoms with Crippen LogP contribution in [0.15, 0.2) is 54.7 Å². The van der Waals surface area contributed by atoms with Crippen LogP contribution in [0, 0.1) is 12.7 Å². The molecular weight excluding hydrogens is 353 g/mol. The quantitative estimate of drug-likeness (QED) is 0.686. The van der Waals surface area contributed by atoms with E-state index in [-0.39, 0.29) is 11.4 Å². The number of nitrogens with zero attached hydrogens (tertiary/aromatic N) is 3. The van der Waals surface area contributed by atoms with Crippen molar-refractivity contribution < 1.29 is 9.13 Å². The Bertz CT molecular complexity index is 980. The molecule has 2 aliphatic rings. The fourth-order valence-electron chi connectivity index (χ4n) is 4.37. The molecule has 3 aromatic rings. The average Bonchev–Trinajstić information content (AvgIpc) is 3.29. The van der Waals surface area contributed by atoms with E-state index in [1.54, 1.807) is 0 Å². The summed E-state index contributed by atoms with van der Waals surface area (Å²) < 4.78 is 21.8. The van der Waals surface area contributed by atoms with Crippen molar-refractivity contribution in [3.05, 3.63) is 77.5 Å². The van der Waals surface area contributed by atoms with E-state index >= 15 is 0 Å². The van der Waals surface area contributed by atoms with Crippen molar-refractivity contribution in [3.63, 3.8) is 0 Å². The molecule has 0 amide bonds. The van der Waals surface area contributed by atoms with Crippen molar-refractivity contribution in [1.82, 2.24) is 14.5 Å². The molecule has 5 heteroatoms. The molecule has 0 bridgehead atoms. The van der Waals surface area contributed by atoms with E-state index < -0.39 is 0 Å².